The Morgan fingerprint density at radius 1 is 1.28 bits per heavy atom. The van der Waals surface area contributed by atoms with Gasteiger partial charge in [-0.2, -0.15) is 0 Å². The quantitative estimate of drug-likeness (QED) is 0.827. The number of benzene rings is 1. The van der Waals surface area contributed by atoms with Crippen LogP contribution in [0, 0.1) is 11.7 Å². The summed E-state index contributed by atoms with van der Waals surface area (Å²) in [5.74, 6) is -0.205. The first kappa shape index (κ1) is 15.1. The van der Waals surface area contributed by atoms with Crippen molar-refractivity contribution in [1.29, 1.82) is 0 Å². The summed E-state index contributed by atoms with van der Waals surface area (Å²) in [5, 5.41) is 9.59. The minimum Gasteiger partial charge on any atom is -0.392 e. The van der Waals surface area contributed by atoms with Crippen LogP contribution < -0.4 is 4.72 Å². The maximum absolute atomic E-state index is 12.7. The first-order valence-corrected chi connectivity index (χ1v) is 7.23. The van der Waals surface area contributed by atoms with E-state index in [1.54, 1.807) is 0 Å². The summed E-state index contributed by atoms with van der Waals surface area (Å²) in [4.78, 5) is -0.0133. The van der Waals surface area contributed by atoms with E-state index in [-0.39, 0.29) is 17.4 Å². The third kappa shape index (κ3) is 4.72. The van der Waals surface area contributed by atoms with Gasteiger partial charge < -0.3 is 5.11 Å². The van der Waals surface area contributed by atoms with Gasteiger partial charge in [0, 0.05) is 6.54 Å². The fraction of sp³-hybridized carbons (Fsp3) is 0.500. The van der Waals surface area contributed by atoms with Crippen LogP contribution in [0.15, 0.2) is 29.2 Å². The summed E-state index contributed by atoms with van der Waals surface area (Å²) in [6.07, 6.45) is -0.202. The minimum atomic E-state index is -3.68. The molecule has 0 aliphatic rings. The Morgan fingerprint density at radius 3 is 2.33 bits per heavy atom. The van der Waals surface area contributed by atoms with Crippen molar-refractivity contribution in [1.82, 2.24) is 4.72 Å². The van der Waals surface area contributed by atoms with Gasteiger partial charge in [-0.25, -0.2) is 17.5 Å². The fourth-order valence-electron chi connectivity index (χ4n) is 1.53. The highest BCUT2D eigenvalue weighted by molar-refractivity contribution is 7.89. The summed E-state index contributed by atoms with van der Waals surface area (Å²) >= 11 is 0. The second-order valence-electron chi connectivity index (χ2n) is 4.59. The molecule has 1 aromatic carbocycles. The van der Waals surface area contributed by atoms with E-state index < -0.39 is 21.9 Å². The van der Waals surface area contributed by atoms with E-state index >= 15 is 0 Å². The summed E-state index contributed by atoms with van der Waals surface area (Å²) in [5.41, 5.74) is 0. The lowest BCUT2D eigenvalue weighted by atomic mass is 10.1. The van der Waals surface area contributed by atoms with Gasteiger partial charge in [0.2, 0.25) is 10.0 Å². The molecule has 0 amide bonds. The van der Waals surface area contributed by atoms with Crippen molar-refractivity contribution in [3.05, 3.63) is 30.1 Å². The molecule has 4 nitrogen and oxygen atoms in total. The van der Waals surface area contributed by atoms with E-state index in [0.29, 0.717) is 6.42 Å². The van der Waals surface area contributed by atoms with Crippen LogP contribution in [0.4, 0.5) is 4.39 Å². The molecule has 0 saturated carbocycles. The van der Waals surface area contributed by atoms with Gasteiger partial charge in [0.15, 0.2) is 0 Å². The molecule has 1 aromatic rings. The van der Waals surface area contributed by atoms with Gasteiger partial charge in [0.1, 0.15) is 5.82 Å². The molecule has 0 spiro atoms. The Kier molecular flexibility index (Phi) is 5.25. The largest absolute Gasteiger partial charge is 0.392 e. The summed E-state index contributed by atoms with van der Waals surface area (Å²) in [6, 6.07) is 4.54. The molecule has 102 valence electrons. The number of sulfonamides is 1. The van der Waals surface area contributed by atoms with Gasteiger partial charge in [0.25, 0.3) is 0 Å². The van der Waals surface area contributed by atoms with Crippen LogP contribution in [-0.2, 0) is 10.0 Å². The predicted molar refractivity (Wildman–Crippen MR) is 67.1 cm³/mol. The van der Waals surface area contributed by atoms with E-state index in [2.05, 4.69) is 4.72 Å². The topological polar surface area (TPSA) is 66.4 Å². The van der Waals surface area contributed by atoms with Crippen LogP contribution in [0.3, 0.4) is 0 Å². The first-order chi connectivity index (χ1) is 8.31. The Bertz CT molecular complexity index is 471. The van der Waals surface area contributed by atoms with Gasteiger partial charge in [-0.1, -0.05) is 13.8 Å². The Labute approximate surface area is 107 Å². The molecule has 2 N–H and O–H groups in total. The number of halogens is 1. The summed E-state index contributed by atoms with van der Waals surface area (Å²) in [7, 11) is -3.68. The third-order valence-electron chi connectivity index (χ3n) is 2.38. The molecule has 0 radical (unpaired) electrons. The standard InChI is InChI=1S/C12H18FNO3S/c1-9(2)7-11(15)8-14-18(16,17)12-5-3-10(13)4-6-12/h3-6,9,11,14-15H,7-8H2,1-2H3. The average molecular weight is 275 g/mol. The molecule has 1 atom stereocenters. The summed E-state index contributed by atoms with van der Waals surface area (Å²) < 4.78 is 38.6. The average Bonchev–Trinajstić information content (AvgIpc) is 2.26. The van der Waals surface area contributed by atoms with Crippen LogP contribution in [0.25, 0.3) is 0 Å². The van der Waals surface area contributed by atoms with Crippen molar-refractivity contribution in [3.8, 4) is 0 Å². The fourth-order valence-corrected chi connectivity index (χ4v) is 2.60. The van der Waals surface area contributed by atoms with Crippen molar-refractivity contribution in [3.63, 3.8) is 0 Å². The van der Waals surface area contributed by atoms with Gasteiger partial charge in [0.05, 0.1) is 11.0 Å². The molecule has 18 heavy (non-hydrogen) atoms. The number of nitrogens with one attached hydrogen (secondary N) is 1. The van der Waals surface area contributed by atoms with Crippen LogP contribution in [0.1, 0.15) is 20.3 Å². The van der Waals surface area contributed by atoms with Crippen molar-refractivity contribution < 1.29 is 17.9 Å². The monoisotopic (exact) mass is 275 g/mol. The zero-order chi connectivity index (χ0) is 13.8. The van der Waals surface area contributed by atoms with Gasteiger partial charge >= 0.3 is 0 Å². The van der Waals surface area contributed by atoms with E-state index in [4.69, 9.17) is 0 Å². The highest BCUT2D eigenvalue weighted by Gasteiger charge is 2.16. The normalized spacial score (nSPS) is 13.8. The minimum absolute atomic E-state index is 0.0133. The molecule has 0 fully saturated rings. The number of rotatable bonds is 6. The second-order valence-corrected chi connectivity index (χ2v) is 6.36. The molecular formula is C12H18FNO3S. The molecule has 6 heteroatoms. The molecule has 0 aliphatic carbocycles. The SMILES string of the molecule is CC(C)CC(O)CNS(=O)(=O)c1ccc(F)cc1. The number of aliphatic hydroxyl groups is 1. The molecule has 0 heterocycles. The molecule has 0 bridgehead atoms. The van der Waals surface area contributed by atoms with E-state index in [1.807, 2.05) is 13.8 Å². The Hall–Kier alpha value is -0.980. The molecular weight excluding hydrogens is 257 g/mol. The van der Waals surface area contributed by atoms with Crippen LogP contribution in [0.2, 0.25) is 0 Å². The zero-order valence-electron chi connectivity index (χ0n) is 10.4. The third-order valence-corrected chi connectivity index (χ3v) is 3.82. The van der Waals surface area contributed by atoms with E-state index in [9.17, 15) is 17.9 Å². The smallest absolute Gasteiger partial charge is 0.240 e. The van der Waals surface area contributed by atoms with Crippen LogP contribution >= 0.6 is 0 Å². The van der Waals surface area contributed by atoms with Crippen molar-refractivity contribution in [2.45, 2.75) is 31.3 Å². The molecule has 0 aromatic heterocycles. The second kappa shape index (κ2) is 6.26. The Balaban J connectivity index is 2.63. The van der Waals surface area contributed by atoms with Crippen molar-refractivity contribution in [2.24, 2.45) is 5.92 Å². The van der Waals surface area contributed by atoms with Gasteiger partial charge in [-0.05, 0) is 36.6 Å². The molecule has 1 rings (SSSR count). The van der Waals surface area contributed by atoms with E-state index in [1.165, 1.54) is 12.1 Å². The lowest BCUT2D eigenvalue weighted by Gasteiger charge is -2.14. The zero-order valence-corrected chi connectivity index (χ0v) is 11.2. The van der Waals surface area contributed by atoms with Crippen molar-refractivity contribution >= 4 is 10.0 Å². The lowest BCUT2D eigenvalue weighted by Crippen LogP contribution is -2.32. The molecule has 0 saturated heterocycles. The summed E-state index contributed by atoms with van der Waals surface area (Å²) in [6.45, 7) is 3.84. The number of aliphatic hydroxyl groups excluding tert-OH is 1. The maximum atomic E-state index is 12.7. The van der Waals surface area contributed by atoms with Gasteiger partial charge in [-0.15, -0.1) is 0 Å². The maximum Gasteiger partial charge on any atom is 0.240 e. The number of hydrogen-bond acceptors (Lipinski definition) is 3. The molecule has 0 aliphatic heterocycles. The van der Waals surface area contributed by atoms with Crippen LogP contribution in [0.5, 0.6) is 0 Å². The predicted octanol–water partition coefficient (Wildman–Crippen LogP) is 1.51. The first-order valence-electron chi connectivity index (χ1n) is 5.74. The lowest BCUT2D eigenvalue weighted by molar-refractivity contribution is 0.152. The van der Waals surface area contributed by atoms with Crippen LogP contribution in [-0.4, -0.2) is 26.2 Å². The molecule has 1 unspecified atom stereocenters. The number of hydrogen-bond donors (Lipinski definition) is 2. The van der Waals surface area contributed by atoms with Gasteiger partial charge in [-0.3, -0.25) is 0 Å². The Morgan fingerprint density at radius 2 is 1.83 bits per heavy atom. The highest BCUT2D eigenvalue weighted by atomic mass is 32.2. The van der Waals surface area contributed by atoms with E-state index in [0.717, 1.165) is 12.1 Å². The highest BCUT2D eigenvalue weighted by Crippen LogP contribution is 2.10. The van der Waals surface area contributed by atoms with Crippen molar-refractivity contribution in [2.75, 3.05) is 6.54 Å².